The predicted octanol–water partition coefficient (Wildman–Crippen LogP) is 4.82. The number of carbonyl (C=O) groups excluding carboxylic acids is 1. The summed E-state index contributed by atoms with van der Waals surface area (Å²) in [5.41, 5.74) is 2.74. The normalized spacial score (nSPS) is 14.2. The molecule has 25 heavy (non-hydrogen) atoms. The second-order valence-corrected chi connectivity index (χ2v) is 7.24. The van der Waals surface area contributed by atoms with Gasteiger partial charge in [0, 0.05) is 28.6 Å². The molecule has 0 aliphatic carbocycles. The van der Waals surface area contributed by atoms with Gasteiger partial charge in [-0.15, -0.1) is 11.8 Å². The van der Waals surface area contributed by atoms with E-state index in [1.807, 2.05) is 30.0 Å². The maximum absolute atomic E-state index is 13.6. The molecule has 0 atom stereocenters. The van der Waals surface area contributed by atoms with Crippen LogP contribution in [0.2, 0.25) is 0 Å². The van der Waals surface area contributed by atoms with Gasteiger partial charge in [0.2, 0.25) is 0 Å². The number of benzene rings is 2. The first-order valence-electron chi connectivity index (χ1n) is 8.24. The SMILES string of the molecule is Cc1cc(C(=O)N2CCCSc3ccccc32)c2ccc(F)cc2n1. The number of para-hydroxylation sites is 1. The number of fused-ring (bicyclic) bond motifs is 2. The first-order valence-corrected chi connectivity index (χ1v) is 9.22. The fraction of sp³-hybridized carbons (Fsp3) is 0.200. The molecule has 0 unspecified atom stereocenters. The van der Waals surface area contributed by atoms with Gasteiger partial charge in [-0.3, -0.25) is 9.78 Å². The minimum atomic E-state index is -0.347. The van der Waals surface area contributed by atoms with Crippen molar-refractivity contribution in [2.24, 2.45) is 0 Å². The van der Waals surface area contributed by atoms with Gasteiger partial charge in [0.1, 0.15) is 5.82 Å². The molecule has 1 aliphatic heterocycles. The summed E-state index contributed by atoms with van der Waals surface area (Å²) >= 11 is 1.78. The Bertz CT molecular complexity index is 968. The Kier molecular flexibility index (Phi) is 4.17. The minimum Gasteiger partial charge on any atom is -0.307 e. The Balaban J connectivity index is 1.85. The molecule has 0 saturated heterocycles. The Morgan fingerprint density at radius 3 is 2.92 bits per heavy atom. The van der Waals surface area contributed by atoms with E-state index < -0.39 is 0 Å². The van der Waals surface area contributed by atoms with Crippen molar-refractivity contribution >= 4 is 34.3 Å². The standard InChI is InChI=1S/C20H17FN2OS/c1-13-11-16(15-8-7-14(21)12-17(15)22-13)20(24)23-9-4-10-25-19-6-3-2-5-18(19)23/h2-3,5-8,11-12H,4,9-10H2,1H3. The summed E-state index contributed by atoms with van der Waals surface area (Å²) in [7, 11) is 0. The Labute approximate surface area is 149 Å². The number of rotatable bonds is 1. The predicted molar refractivity (Wildman–Crippen MR) is 99.9 cm³/mol. The number of amides is 1. The van der Waals surface area contributed by atoms with Gasteiger partial charge in [0.15, 0.2) is 0 Å². The number of hydrogen-bond donors (Lipinski definition) is 0. The molecule has 126 valence electrons. The topological polar surface area (TPSA) is 33.2 Å². The first-order chi connectivity index (χ1) is 12.1. The molecule has 0 bridgehead atoms. The van der Waals surface area contributed by atoms with Gasteiger partial charge in [0.05, 0.1) is 16.8 Å². The summed E-state index contributed by atoms with van der Waals surface area (Å²) in [5.74, 6) is 0.583. The largest absolute Gasteiger partial charge is 0.307 e. The smallest absolute Gasteiger partial charge is 0.259 e. The number of nitrogens with zero attached hydrogens (tertiary/aromatic N) is 2. The molecule has 0 saturated carbocycles. The Morgan fingerprint density at radius 1 is 1.20 bits per heavy atom. The van der Waals surface area contributed by atoms with Crippen molar-refractivity contribution in [2.45, 2.75) is 18.2 Å². The van der Waals surface area contributed by atoms with Gasteiger partial charge < -0.3 is 4.90 Å². The summed E-state index contributed by atoms with van der Waals surface area (Å²) in [5, 5.41) is 0.686. The number of anilines is 1. The van der Waals surface area contributed by atoms with Gasteiger partial charge in [0.25, 0.3) is 5.91 Å². The fourth-order valence-corrected chi connectivity index (χ4v) is 4.19. The van der Waals surface area contributed by atoms with Crippen LogP contribution in [0.25, 0.3) is 10.9 Å². The average Bonchev–Trinajstić information content (AvgIpc) is 2.82. The zero-order chi connectivity index (χ0) is 17.4. The van der Waals surface area contributed by atoms with Crippen LogP contribution in [0.5, 0.6) is 0 Å². The summed E-state index contributed by atoms with van der Waals surface area (Å²) in [4.78, 5) is 20.7. The summed E-state index contributed by atoms with van der Waals surface area (Å²) < 4.78 is 13.6. The third kappa shape index (κ3) is 3.00. The number of halogens is 1. The highest BCUT2D eigenvalue weighted by Gasteiger charge is 2.24. The summed E-state index contributed by atoms with van der Waals surface area (Å²) in [6.07, 6.45) is 0.932. The summed E-state index contributed by atoms with van der Waals surface area (Å²) in [6.45, 7) is 2.50. The van der Waals surface area contributed by atoms with E-state index in [2.05, 4.69) is 11.1 Å². The molecule has 3 nitrogen and oxygen atoms in total. The zero-order valence-electron chi connectivity index (χ0n) is 13.8. The monoisotopic (exact) mass is 352 g/mol. The van der Waals surface area contributed by atoms with Crippen LogP contribution in [-0.2, 0) is 0 Å². The molecule has 1 amide bonds. The van der Waals surface area contributed by atoms with Gasteiger partial charge in [-0.25, -0.2) is 4.39 Å². The highest BCUT2D eigenvalue weighted by molar-refractivity contribution is 7.99. The van der Waals surface area contributed by atoms with Crippen LogP contribution in [0.15, 0.2) is 53.4 Å². The minimum absolute atomic E-state index is 0.0583. The van der Waals surface area contributed by atoms with Crippen LogP contribution in [0.3, 0.4) is 0 Å². The van der Waals surface area contributed by atoms with E-state index in [1.165, 1.54) is 12.1 Å². The van der Waals surface area contributed by atoms with Gasteiger partial charge in [-0.1, -0.05) is 12.1 Å². The maximum atomic E-state index is 13.6. The Morgan fingerprint density at radius 2 is 2.04 bits per heavy atom. The van der Waals surface area contributed by atoms with E-state index >= 15 is 0 Å². The molecule has 0 fully saturated rings. The van der Waals surface area contributed by atoms with Crippen molar-refractivity contribution in [3.8, 4) is 0 Å². The number of aryl methyl sites for hydroxylation is 1. The third-order valence-electron chi connectivity index (χ3n) is 4.32. The van der Waals surface area contributed by atoms with Crippen molar-refractivity contribution in [2.75, 3.05) is 17.2 Å². The van der Waals surface area contributed by atoms with Crippen molar-refractivity contribution in [3.63, 3.8) is 0 Å². The molecule has 0 radical (unpaired) electrons. The first kappa shape index (κ1) is 16.1. The van der Waals surface area contributed by atoms with Crippen molar-refractivity contribution in [1.29, 1.82) is 0 Å². The van der Waals surface area contributed by atoms with E-state index in [-0.39, 0.29) is 11.7 Å². The Hall–Kier alpha value is -2.40. The second kappa shape index (κ2) is 6.48. The third-order valence-corrected chi connectivity index (χ3v) is 5.46. The molecular formula is C20H17FN2OS. The number of aromatic nitrogens is 1. The van der Waals surface area contributed by atoms with Crippen LogP contribution in [0.4, 0.5) is 10.1 Å². The van der Waals surface area contributed by atoms with Gasteiger partial charge in [-0.05, 0) is 49.4 Å². The molecule has 2 aromatic carbocycles. The van der Waals surface area contributed by atoms with Crippen molar-refractivity contribution < 1.29 is 9.18 Å². The lowest BCUT2D eigenvalue weighted by Crippen LogP contribution is -2.32. The lowest BCUT2D eigenvalue weighted by Gasteiger charge is -2.23. The molecule has 1 aromatic heterocycles. The number of carbonyl (C=O) groups is 1. The average molecular weight is 352 g/mol. The van der Waals surface area contributed by atoms with E-state index in [0.29, 0.717) is 28.7 Å². The molecule has 0 spiro atoms. The van der Waals surface area contributed by atoms with E-state index in [0.717, 1.165) is 22.8 Å². The van der Waals surface area contributed by atoms with Crippen LogP contribution in [-0.4, -0.2) is 23.2 Å². The van der Waals surface area contributed by atoms with Gasteiger partial charge >= 0.3 is 0 Å². The molecular weight excluding hydrogens is 335 g/mol. The molecule has 2 heterocycles. The second-order valence-electron chi connectivity index (χ2n) is 6.10. The fourth-order valence-electron chi connectivity index (χ4n) is 3.19. The van der Waals surface area contributed by atoms with Crippen LogP contribution in [0.1, 0.15) is 22.5 Å². The zero-order valence-corrected chi connectivity index (χ0v) is 14.6. The van der Waals surface area contributed by atoms with Crippen LogP contribution >= 0.6 is 11.8 Å². The number of hydrogen-bond acceptors (Lipinski definition) is 3. The van der Waals surface area contributed by atoms with E-state index in [1.54, 1.807) is 23.9 Å². The summed E-state index contributed by atoms with van der Waals surface area (Å²) in [6, 6.07) is 14.2. The number of thioether (sulfide) groups is 1. The lowest BCUT2D eigenvalue weighted by molar-refractivity contribution is 0.0988. The lowest BCUT2D eigenvalue weighted by atomic mass is 10.1. The van der Waals surface area contributed by atoms with E-state index in [9.17, 15) is 9.18 Å². The molecule has 4 rings (SSSR count). The molecule has 0 N–H and O–H groups in total. The van der Waals surface area contributed by atoms with E-state index in [4.69, 9.17) is 0 Å². The highest BCUT2D eigenvalue weighted by atomic mass is 32.2. The van der Waals surface area contributed by atoms with Crippen molar-refractivity contribution in [3.05, 3.63) is 65.6 Å². The maximum Gasteiger partial charge on any atom is 0.259 e. The molecule has 5 heteroatoms. The molecule has 1 aliphatic rings. The quantitative estimate of drug-likeness (QED) is 0.629. The van der Waals surface area contributed by atoms with Crippen LogP contribution < -0.4 is 4.90 Å². The molecule has 3 aromatic rings. The van der Waals surface area contributed by atoms with Gasteiger partial charge in [-0.2, -0.15) is 0 Å². The number of pyridine rings is 1. The van der Waals surface area contributed by atoms with Crippen LogP contribution in [0, 0.1) is 12.7 Å². The van der Waals surface area contributed by atoms with Crippen molar-refractivity contribution in [1.82, 2.24) is 4.98 Å². The highest BCUT2D eigenvalue weighted by Crippen LogP contribution is 2.35.